The molecule has 0 spiro atoms. The van der Waals surface area contributed by atoms with Crippen LogP contribution in [0.4, 0.5) is 0 Å². The molecule has 2 rings (SSSR count). The van der Waals surface area contributed by atoms with Crippen LogP contribution in [0.1, 0.15) is 31.2 Å². The number of nitrogens with zero attached hydrogens (tertiary/aromatic N) is 3. The van der Waals surface area contributed by atoms with Crippen LogP contribution in [0.25, 0.3) is 0 Å². The lowest BCUT2D eigenvalue weighted by Gasteiger charge is -2.21. The van der Waals surface area contributed by atoms with Gasteiger partial charge in [-0.25, -0.2) is 17.7 Å². The largest absolute Gasteiger partial charge is 0.370 e. The van der Waals surface area contributed by atoms with Crippen LogP contribution in [0.2, 0.25) is 0 Å². The lowest BCUT2D eigenvalue weighted by atomic mass is 10.2. The minimum atomic E-state index is -3.48. The Kier molecular flexibility index (Phi) is 8.44. The summed E-state index contributed by atoms with van der Waals surface area (Å²) in [5.41, 5.74) is 6.77. The zero-order valence-corrected chi connectivity index (χ0v) is 17.5. The van der Waals surface area contributed by atoms with E-state index < -0.39 is 10.0 Å². The van der Waals surface area contributed by atoms with Gasteiger partial charge in [-0.1, -0.05) is 31.0 Å². The molecule has 1 fully saturated rings. The van der Waals surface area contributed by atoms with Gasteiger partial charge in [0.25, 0.3) is 0 Å². The van der Waals surface area contributed by atoms with Gasteiger partial charge >= 0.3 is 0 Å². The van der Waals surface area contributed by atoms with E-state index in [-0.39, 0.29) is 35.4 Å². The van der Waals surface area contributed by atoms with Crippen LogP contribution in [-0.2, 0) is 16.6 Å². The molecule has 0 radical (unpaired) electrons. The minimum absolute atomic E-state index is 0. The monoisotopic (exact) mass is 466 g/mol. The molecular formula is C16H27IN4O2S. The minimum Gasteiger partial charge on any atom is -0.370 e. The number of aliphatic imine (C=N–C) groups is 1. The summed E-state index contributed by atoms with van der Waals surface area (Å²) in [7, 11) is -0.419. The Morgan fingerprint density at radius 3 is 2.33 bits per heavy atom. The smallest absolute Gasteiger partial charge is 0.242 e. The van der Waals surface area contributed by atoms with Gasteiger partial charge in [-0.2, -0.15) is 0 Å². The van der Waals surface area contributed by atoms with Gasteiger partial charge in [0.05, 0.1) is 11.4 Å². The highest BCUT2D eigenvalue weighted by molar-refractivity contribution is 14.0. The molecule has 0 bridgehead atoms. The van der Waals surface area contributed by atoms with E-state index in [4.69, 9.17) is 5.73 Å². The summed E-state index contributed by atoms with van der Waals surface area (Å²) in [4.78, 5) is 6.81. The van der Waals surface area contributed by atoms with E-state index >= 15 is 0 Å². The Morgan fingerprint density at radius 2 is 1.75 bits per heavy atom. The number of hydrogen-bond donors (Lipinski definition) is 1. The van der Waals surface area contributed by atoms with Gasteiger partial charge in [-0.15, -0.1) is 24.0 Å². The number of likely N-dealkylation sites (tertiary alicyclic amines) is 1. The predicted octanol–water partition coefficient (Wildman–Crippen LogP) is 2.25. The summed E-state index contributed by atoms with van der Waals surface area (Å²) in [6.07, 6.45) is 4.71. The molecule has 0 aromatic heterocycles. The van der Waals surface area contributed by atoms with E-state index in [9.17, 15) is 8.42 Å². The number of nitrogens with two attached hydrogens (primary N) is 1. The van der Waals surface area contributed by atoms with Gasteiger partial charge in [0.15, 0.2) is 5.96 Å². The van der Waals surface area contributed by atoms with Gasteiger partial charge < -0.3 is 10.6 Å². The lowest BCUT2D eigenvalue weighted by molar-refractivity contribution is 0.428. The Balaban J connectivity index is 0.00000288. The highest BCUT2D eigenvalue weighted by Gasteiger charge is 2.20. The van der Waals surface area contributed by atoms with Crippen molar-refractivity contribution < 1.29 is 8.42 Å². The number of guanidine groups is 1. The van der Waals surface area contributed by atoms with E-state index in [1.165, 1.54) is 31.2 Å². The van der Waals surface area contributed by atoms with Crippen LogP contribution < -0.4 is 5.73 Å². The normalized spacial score (nSPS) is 16.6. The van der Waals surface area contributed by atoms with Crippen LogP contribution in [-0.4, -0.2) is 50.8 Å². The third kappa shape index (κ3) is 5.32. The van der Waals surface area contributed by atoms with Gasteiger partial charge in [0.1, 0.15) is 0 Å². The zero-order chi connectivity index (χ0) is 16.9. The quantitative estimate of drug-likeness (QED) is 0.420. The molecule has 0 aliphatic carbocycles. The Bertz CT molecular complexity index is 654. The zero-order valence-electron chi connectivity index (χ0n) is 14.3. The van der Waals surface area contributed by atoms with Crippen LogP contribution in [0.15, 0.2) is 34.2 Å². The standard InChI is InChI=1S/C16H26N4O2S.HI/c1-19(2)23(21,22)15-10-6-5-9-14(15)13-18-16(17)20-11-7-3-4-8-12-20;/h5-6,9-10H,3-4,7-8,11-13H2,1-2H3,(H2,17,18);1H. The highest BCUT2D eigenvalue weighted by atomic mass is 127. The first-order valence-electron chi connectivity index (χ1n) is 7.98. The number of hydrogen-bond acceptors (Lipinski definition) is 3. The van der Waals surface area contributed by atoms with Crippen molar-refractivity contribution in [2.45, 2.75) is 37.1 Å². The van der Waals surface area contributed by atoms with Crippen molar-refractivity contribution in [2.24, 2.45) is 10.7 Å². The number of sulfonamides is 1. The summed E-state index contributed by atoms with van der Waals surface area (Å²) < 4.78 is 26.0. The summed E-state index contributed by atoms with van der Waals surface area (Å²) in [5.74, 6) is 0.504. The maximum absolute atomic E-state index is 12.4. The second-order valence-corrected chi connectivity index (χ2v) is 8.09. The third-order valence-corrected chi connectivity index (χ3v) is 5.99. The van der Waals surface area contributed by atoms with Crippen LogP contribution in [0.3, 0.4) is 0 Å². The van der Waals surface area contributed by atoms with Crippen LogP contribution in [0.5, 0.6) is 0 Å². The molecule has 1 aliphatic heterocycles. The molecule has 1 aromatic carbocycles. The molecule has 24 heavy (non-hydrogen) atoms. The number of rotatable bonds is 4. The summed E-state index contributed by atoms with van der Waals surface area (Å²) in [6.45, 7) is 2.12. The second kappa shape index (κ2) is 9.57. The van der Waals surface area contributed by atoms with E-state index in [1.54, 1.807) is 18.2 Å². The SMILES string of the molecule is CN(C)S(=O)(=O)c1ccccc1CN=C(N)N1CCCCCC1.I. The number of halogens is 1. The molecule has 136 valence electrons. The summed E-state index contributed by atoms with van der Waals surface area (Å²) >= 11 is 0. The first kappa shape index (κ1) is 21.2. The highest BCUT2D eigenvalue weighted by Crippen LogP contribution is 2.19. The second-order valence-electron chi connectivity index (χ2n) is 5.97. The molecule has 2 N–H and O–H groups in total. The first-order valence-corrected chi connectivity index (χ1v) is 9.42. The fraction of sp³-hybridized carbons (Fsp3) is 0.562. The molecule has 0 unspecified atom stereocenters. The fourth-order valence-corrected chi connectivity index (χ4v) is 3.76. The van der Waals surface area contributed by atoms with E-state index in [2.05, 4.69) is 9.89 Å². The third-order valence-electron chi connectivity index (χ3n) is 4.07. The maximum Gasteiger partial charge on any atom is 0.242 e. The molecule has 1 aliphatic rings. The van der Waals surface area contributed by atoms with Gasteiger partial charge in [0, 0.05) is 27.2 Å². The fourth-order valence-electron chi connectivity index (χ4n) is 2.65. The van der Waals surface area contributed by atoms with E-state index in [0.29, 0.717) is 11.5 Å². The van der Waals surface area contributed by atoms with Crippen molar-refractivity contribution in [1.29, 1.82) is 0 Å². The lowest BCUT2D eigenvalue weighted by Crippen LogP contribution is -2.38. The molecular weight excluding hydrogens is 439 g/mol. The van der Waals surface area contributed by atoms with Gasteiger partial charge in [0.2, 0.25) is 10.0 Å². The Morgan fingerprint density at radius 1 is 1.17 bits per heavy atom. The van der Waals surface area contributed by atoms with Crippen molar-refractivity contribution in [3.8, 4) is 0 Å². The van der Waals surface area contributed by atoms with Crippen molar-refractivity contribution in [1.82, 2.24) is 9.21 Å². The average Bonchev–Trinajstić information content (AvgIpc) is 2.82. The summed E-state index contributed by atoms with van der Waals surface area (Å²) in [6, 6.07) is 6.95. The predicted molar refractivity (Wildman–Crippen MR) is 108 cm³/mol. The van der Waals surface area contributed by atoms with Gasteiger partial charge in [-0.3, -0.25) is 0 Å². The van der Waals surface area contributed by atoms with Crippen molar-refractivity contribution >= 4 is 40.0 Å². The van der Waals surface area contributed by atoms with E-state index in [1.807, 2.05) is 6.07 Å². The molecule has 1 saturated heterocycles. The van der Waals surface area contributed by atoms with Crippen molar-refractivity contribution in [3.05, 3.63) is 29.8 Å². The Hall–Kier alpha value is -0.870. The van der Waals surface area contributed by atoms with E-state index in [0.717, 1.165) is 25.9 Å². The molecule has 8 heteroatoms. The maximum atomic E-state index is 12.4. The topological polar surface area (TPSA) is 79.0 Å². The Labute approximate surface area is 162 Å². The average molecular weight is 466 g/mol. The molecule has 0 saturated carbocycles. The summed E-state index contributed by atoms with van der Waals surface area (Å²) in [5, 5.41) is 0. The molecule has 0 atom stereocenters. The van der Waals surface area contributed by atoms with Crippen molar-refractivity contribution in [2.75, 3.05) is 27.2 Å². The first-order chi connectivity index (χ1) is 10.9. The molecule has 1 aromatic rings. The molecule has 0 amide bonds. The van der Waals surface area contributed by atoms with Crippen molar-refractivity contribution in [3.63, 3.8) is 0 Å². The molecule has 6 nitrogen and oxygen atoms in total. The number of benzene rings is 1. The van der Waals surface area contributed by atoms with Crippen LogP contribution >= 0.6 is 24.0 Å². The molecule has 1 heterocycles. The van der Waals surface area contributed by atoms with Gasteiger partial charge in [-0.05, 0) is 24.5 Å². The van der Waals surface area contributed by atoms with Crippen LogP contribution in [0, 0.1) is 0 Å².